The predicted molar refractivity (Wildman–Crippen MR) is 86.5 cm³/mol. The van der Waals surface area contributed by atoms with E-state index < -0.39 is 0 Å². The molecule has 1 amide bonds. The van der Waals surface area contributed by atoms with Gasteiger partial charge in [-0.25, -0.2) is 0 Å². The highest BCUT2D eigenvalue weighted by Gasteiger charge is 2.23. The molecule has 112 valence electrons. The van der Waals surface area contributed by atoms with Gasteiger partial charge < -0.3 is 9.64 Å². The Labute approximate surface area is 131 Å². The number of carbonyl (C=O) groups is 1. The van der Waals surface area contributed by atoms with E-state index in [0.29, 0.717) is 19.1 Å². The third-order valence-corrected chi connectivity index (χ3v) is 4.48. The van der Waals surface area contributed by atoms with Gasteiger partial charge >= 0.3 is 0 Å². The number of amides is 1. The second-order valence-electron chi connectivity index (χ2n) is 5.19. The van der Waals surface area contributed by atoms with E-state index in [-0.39, 0.29) is 5.91 Å². The van der Waals surface area contributed by atoms with Gasteiger partial charge in [0.05, 0.1) is 6.61 Å². The number of hydrogen-bond acceptors (Lipinski definition) is 3. The van der Waals surface area contributed by atoms with E-state index >= 15 is 0 Å². The Balaban J connectivity index is 1.86. The van der Waals surface area contributed by atoms with Crippen LogP contribution in [0.15, 0.2) is 29.2 Å². The summed E-state index contributed by atoms with van der Waals surface area (Å²) in [5.41, 5.74) is 0.781. The Bertz CT molecular complexity index is 516. The van der Waals surface area contributed by atoms with Crippen molar-refractivity contribution in [1.82, 2.24) is 4.90 Å². The summed E-state index contributed by atoms with van der Waals surface area (Å²) in [6.45, 7) is 2.67. The van der Waals surface area contributed by atoms with Gasteiger partial charge in [-0.2, -0.15) is 0 Å². The number of thioether (sulfide) groups is 1. The van der Waals surface area contributed by atoms with Crippen molar-refractivity contribution in [2.45, 2.75) is 17.7 Å². The van der Waals surface area contributed by atoms with Crippen molar-refractivity contribution in [2.24, 2.45) is 5.92 Å². The smallest absolute Gasteiger partial charge is 0.253 e. The lowest BCUT2D eigenvalue weighted by Gasteiger charge is -2.31. The zero-order valence-electron chi connectivity index (χ0n) is 12.4. The summed E-state index contributed by atoms with van der Waals surface area (Å²) in [5, 5.41) is 0. The standard InChI is InChI=1S/C17H21NO2S/c1-3-11-20-13-14-7-9-18(10-8-14)17(19)15-5-4-6-16(12-15)21-2/h1,4-6,12,14H,7-11,13H2,2H3. The first kappa shape index (κ1) is 15.9. The molecule has 1 aromatic carbocycles. The number of ether oxygens (including phenoxy) is 1. The molecule has 0 radical (unpaired) electrons. The minimum absolute atomic E-state index is 0.133. The molecule has 1 fully saturated rings. The fraction of sp³-hybridized carbons (Fsp3) is 0.471. The van der Waals surface area contributed by atoms with Crippen LogP contribution < -0.4 is 0 Å². The number of likely N-dealkylation sites (tertiary alicyclic amines) is 1. The summed E-state index contributed by atoms with van der Waals surface area (Å²) in [6.07, 6.45) is 9.15. The summed E-state index contributed by atoms with van der Waals surface area (Å²) in [6, 6.07) is 7.83. The van der Waals surface area contributed by atoms with Gasteiger partial charge in [0, 0.05) is 23.5 Å². The maximum atomic E-state index is 12.5. The lowest BCUT2D eigenvalue weighted by atomic mass is 9.97. The molecule has 4 heteroatoms. The van der Waals surface area contributed by atoms with Crippen molar-refractivity contribution < 1.29 is 9.53 Å². The van der Waals surface area contributed by atoms with E-state index in [2.05, 4.69) is 5.92 Å². The number of hydrogen-bond donors (Lipinski definition) is 0. The van der Waals surface area contributed by atoms with Crippen LogP contribution in [-0.2, 0) is 4.74 Å². The van der Waals surface area contributed by atoms with Gasteiger partial charge in [0.1, 0.15) is 6.61 Å². The number of rotatable bonds is 5. The molecule has 0 atom stereocenters. The molecule has 0 unspecified atom stereocenters. The fourth-order valence-electron chi connectivity index (χ4n) is 2.53. The van der Waals surface area contributed by atoms with Crippen LogP contribution in [0.25, 0.3) is 0 Å². The molecule has 2 rings (SSSR count). The molecular formula is C17H21NO2S. The highest BCUT2D eigenvalue weighted by atomic mass is 32.2. The number of piperidine rings is 1. The SMILES string of the molecule is C#CCOCC1CCN(C(=O)c2cccc(SC)c2)CC1. The number of carbonyl (C=O) groups excluding carboxylic acids is 1. The molecule has 1 saturated heterocycles. The van der Waals surface area contributed by atoms with Crippen molar-refractivity contribution in [3.8, 4) is 12.3 Å². The van der Waals surface area contributed by atoms with Crippen LogP contribution in [0.1, 0.15) is 23.2 Å². The highest BCUT2D eigenvalue weighted by molar-refractivity contribution is 7.98. The molecule has 0 N–H and O–H groups in total. The molecule has 1 heterocycles. The van der Waals surface area contributed by atoms with Crippen molar-refractivity contribution in [1.29, 1.82) is 0 Å². The third-order valence-electron chi connectivity index (χ3n) is 3.76. The molecule has 21 heavy (non-hydrogen) atoms. The van der Waals surface area contributed by atoms with Gasteiger partial charge in [-0.3, -0.25) is 4.79 Å². The minimum Gasteiger partial charge on any atom is -0.369 e. The van der Waals surface area contributed by atoms with E-state index in [1.165, 1.54) is 0 Å². The Kier molecular flexibility index (Phi) is 6.16. The van der Waals surface area contributed by atoms with Crippen LogP contribution >= 0.6 is 11.8 Å². The molecule has 1 aliphatic heterocycles. The second-order valence-corrected chi connectivity index (χ2v) is 6.07. The van der Waals surface area contributed by atoms with Gasteiger partial charge in [-0.1, -0.05) is 12.0 Å². The number of benzene rings is 1. The zero-order chi connectivity index (χ0) is 15.1. The predicted octanol–water partition coefficient (Wildman–Crippen LogP) is 2.91. The van der Waals surface area contributed by atoms with Crippen LogP contribution in [0.2, 0.25) is 0 Å². The van der Waals surface area contributed by atoms with E-state index in [4.69, 9.17) is 11.2 Å². The van der Waals surface area contributed by atoms with Gasteiger partial charge in [-0.15, -0.1) is 18.2 Å². The van der Waals surface area contributed by atoms with Crippen LogP contribution in [0.4, 0.5) is 0 Å². The summed E-state index contributed by atoms with van der Waals surface area (Å²) in [7, 11) is 0. The molecule has 0 aromatic heterocycles. The first-order valence-corrected chi connectivity index (χ1v) is 8.41. The molecule has 0 saturated carbocycles. The molecule has 3 nitrogen and oxygen atoms in total. The van der Waals surface area contributed by atoms with E-state index in [0.717, 1.165) is 36.4 Å². The average molecular weight is 303 g/mol. The summed E-state index contributed by atoms with van der Waals surface area (Å²) >= 11 is 1.66. The van der Waals surface area contributed by atoms with Crippen LogP contribution in [0.3, 0.4) is 0 Å². The van der Waals surface area contributed by atoms with Crippen molar-refractivity contribution >= 4 is 17.7 Å². The van der Waals surface area contributed by atoms with Gasteiger partial charge in [0.25, 0.3) is 5.91 Å². The Morgan fingerprint density at radius 1 is 1.48 bits per heavy atom. The summed E-state index contributed by atoms with van der Waals surface area (Å²) < 4.78 is 5.39. The minimum atomic E-state index is 0.133. The quantitative estimate of drug-likeness (QED) is 0.476. The van der Waals surface area contributed by atoms with Gasteiger partial charge in [0.2, 0.25) is 0 Å². The third kappa shape index (κ3) is 4.52. The Morgan fingerprint density at radius 3 is 2.90 bits per heavy atom. The molecule has 0 spiro atoms. The fourth-order valence-corrected chi connectivity index (χ4v) is 2.99. The maximum Gasteiger partial charge on any atom is 0.253 e. The second kappa shape index (κ2) is 8.11. The van der Waals surface area contributed by atoms with Crippen LogP contribution in [0, 0.1) is 18.3 Å². The van der Waals surface area contributed by atoms with Crippen molar-refractivity contribution in [2.75, 3.05) is 32.6 Å². The highest BCUT2D eigenvalue weighted by Crippen LogP contribution is 2.21. The lowest BCUT2D eigenvalue weighted by molar-refractivity contribution is 0.0581. The lowest BCUT2D eigenvalue weighted by Crippen LogP contribution is -2.39. The van der Waals surface area contributed by atoms with Crippen molar-refractivity contribution in [3.05, 3.63) is 29.8 Å². The van der Waals surface area contributed by atoms with E-state index in [1.807, 2.05) is 35.4 Å². The van der Waals surface area contributed by atoms with Crippen LogP contribution in [-0.4, -0.2) is 43.4 Å². The zero-order valence-corrected chi connectivity index (χ0v) is 13.2. The maximum absolute atomic E-state index is 12.5. The molecule has 1 aromatic rings. The monoisotopic (exact) mass is 303 g/mol. The normalized spacial score (nSPS) is 15.7. The van der Waals surface area contributed by atoms with Gasteiger partial charge in [-0.05, 0) is 43.2 Å². The Hall–Kier alpha value is -1.44. The molecular weight excluding hydrogens is 282 g/mol. The first-order valence-electron chi connectivity index (χ1n) is 7.19. The van der Waals surface area contributed by atoms with E-state index in [1.54, 1.807) is 11.8 Å². The number of nitrogens with zero attached hydrogens (tertiary/aromatic N) is 1. The summed E-state index contributed by atoms with van der Waals surface area (Å²) in [4.78, 5) is 15.6. The largest absolute Gasteiger partial charge is 0.369 e. The molecule has 0 bridgehead atoms. The topological polar surface area (TPSA) is 29.5 Å². The molecule has 0 aliphatic carbocycles. The Morgan fingerprint density at radius 2 is 2.24 bits per heavy atom. The summed E-state index contributed by atoms with van der Waals surface area (Å²) in [5.74, 6) is 3.12. The van der Waals surface area contributed by atoms with Gasteiger partial charge in [0.15, 0.2) is 0 Å². The van der Waals surface area contributed by atoms with Crippen molar-refractivity contribution in [3.63, 3.8) is 0 Å². The molecule has 1 aliphatic rings. The number of terminal acetylenes is 1. The van der Waals surface area contributed by atoms with Crippen LogP contribution in [0.5, 0.6) is 0 Å². The first-order chi connectivity index (χ1) is 10.2. The van der Waals surface area contributed by atoms with E-state index in [9.17, 15) is 4.79 Å². The average Bonchev–Trinajstić information content (AvgIpc) is 2.55.